The quantitative estimate of drug-likeness (QED) is 0.919. The fourth-order valence-corrected chi connectivity index (χ4v) is 4.12. The van der Waals surface area contributed by atoms with Crippen molar-refractivity contribution in [3.05, 3.63) is 24.3 Å². The van der Waals surface area contributed by atoms with Crippen LogP contribution in [0.15, 0.2) is 24.3 Å². The van der Waals surface area contributed by atoms with Gasteiger partial charge in [0.1, 0.15) is 5.75 Å². The number of nitrogens with one attached hydrogen (secondary N) is 1. The van der Waals surface area contributed by atoms with Gasteiger partial charge in [0.05, 0.1) is 7.11 Å². The van der Waals surface area contributed by atoms with Gasteiger partial charge in [-0.05, 0) is 69.0 Å². The molecule has 2 aliphatic rings. The van der Waals surface area contributed by atoms with E-state index in [2.05, 4.69) is 10.2 Å². The number of methoxy groups -OCH3 is 1. The van der Waals surface area contributed by atoms with Crippen LogP contribution in [0.25, 0.3) is 0 Å². The lowest BCUT2D eigenvalue weighted by molar-refractivity contribution is 0.0495. The second-order valence-electron chi connectivity index (χ2n) is 7.04. The summed E-state index contributed by atoms with van der Waals surface area (Å²) in [4.78, 5) is 17.0. The van der Waals surface area contributed by atoms with E-state index in [0.717, 1.165) is 18.0 Å². The van der Waals surface area contributed by atoms with Crippen LogP contribution in [0.1, 0.15) is 32.1 Å². The molecule has 2 aliphatic heterocycles. The Hall–Kier alpha value is -1.75. The first-order valence-electron chi connectivity index (χ1n) is 9.07. The molecule has 5 heteroatoms. The molecule has 132 valence electrons. The molecule has 0 radical (unpaired) electrons. The van der Waals surface area contributed by atoms with E-state index in [-0.39, 0.29) is 6.03 Å². The number of nitrogens with zero attached hydrogens (tertiary/aromatic N) is 2. The molecule has 0 saturated carbocycles. The average molecular weight is 331 g/mol. The fraction of sp³-hybridized carbons (Fsp3) is 0.632. The van der Waals surface area contributed by atoms with Gasteiger partial charge in [-0.25, -0.2) is 4.79 Å². The van der Waals surface area contributed by atoms with Gasteiger partial charge in [-0.1, -0.05) is 6.42 Å². The van der Waals surface area contributed by atoms with Crippen LogP contribution in [0.4, 0.5) is 10.5 Å². The summed E-state index contributed by atoms with van der Waals surface area (Å²) in [5.74, 6) is 1.40. The Balaban J connectivity index is 1.54. The van der Waals surface area contributed by atoms with Crippen molar-refractivity contribution in [2.45, 2.75) is 38.1 Å². The Morgan fingerprint density at radius 1 is 1.21 bits per heavy atom. The Kier molecular flexibility index (Phi) is 5.61. The minimum atomic E-state index is -0.0342. The van der Waals surface area contributed by atoms with Crippen LogP contribution in [0, 0.1) is 5.92 Å². The van der Waals surface area contributed by atoms with E-state index < -0.39 is 0 Å². The molecule has 1 N–H and O–H groups in total. The van der Waals surface area contributed by atoms with Crippen LogP contribution in [-0.2, 0) is 0 Å². The van der Waals surface area contributed by atoms with E-state index in [1.807, 2.05) is 36.2 Å². The first-order chi connectivity index (χ1) is 11.7. The summed E-state index contributed by atoms with van der Waals surface area (Å²) in [6.45, 7) is 3.31. The number of carbonyl (C=O) groups is 1. The smallest absolute Gasteiger partial charge is 0.321 e. The van der Waals surface area contributed by atoms with Gasteiger partial charge in [0.25, 0.3) is 0 Å². The molecular weight excluding hydrogens is 302 g/mol. The molecule has 0 bridgehead atoms. The third-order valence-corrected chi connectivity index (χ3v) is 5.42. The summed E-state index contributed by atoms with van der Waals surface area (Å²) in [6.07, 6.45) is 6.45. The van der Waals surface area contributed by atoms with Crippen molar-refractivity contribution in [3.8, 4) is 5.75 Å². The van der Waals surface area contributed by atoms with E-state index >= 15 is 0 Å². The minimum absolute atomic E-state index is 0.0342. The van der Waals surface area contributed by atoms with Gasteiger partial charge in [-0.3, -0.25) is 0 Å². The molecule has 24 heavy (non-hydrogen) atoms. The number of carbonyl (C=O) groups excluding carboxylic acids is 1. The van der Waals surface area contributed by atoms with Crippen molar-refractivity contribution < 1.29 is 9.53 Å². The Bertz CT molecular complexity index is 544. The average Bonchev–Trinajstić information content (AvgIpc) is 2.62. The fourth-order valence-electron chi connectivity index (χ4n) is 4.12. The van der Waals surface area contributed by atoms with Crippen molar-refractivity contribution in [3.63, 3.8) is 0 Å². The summed E-state index contributed by atoms with van der Waals surface area (Å²) in [6, 6.07) is 8.09. The third kappa shape index (κ3) is 4.01. The lowest BCUT2D eigenvalue weighted by atomic mass is 9.83. The van der Waals surface area contributed by atoms with Crippen LogP contribution >= 0.6 is 0 Å². The maximum atomic E-state index is 12.5. The number of urea groups is 1. The SMILES string of the molecule is COc1ccc(NC(=O)N(C)CC2CCCN3CCCCC23)cc1. The second kappa shape index (κ2) is 7.88. The number of ether oxygens (including phenoxy) is 1. The van der Waals surface area contributed by atoms with E-state index in [0.29, 0.717) is 12.0 Å². The number of benzene rings is 1. The molecule has 5 nitrogen and oxygen atoms in total. The first-order valence-corrected chi connectivity index (χ1v) is 9.07. The zero-order valence-electron chi connectivity index (χ0n) is 14.8. The largest absolute Gasteiger partial charge is 0.497 e. The molecule has 2 unspecified atom stereocenters. The normalized spacial score (nSPS) is 24.1. The predicted molar refractivity (Wildman–Crippen MR) is 96.6 cm³/mol. The van der Waals surface area contributed by atoms with Gasteiger partial charge in [-0.2, -0.15) is 0 Å². The zero-order chi connectivity index (χ0) is 16.9. The van der Waals surface area contributed by atoms with Crippen LogP contribution in [-0.4, -0.2) is 55.7 Å². The first kappa shape index (κ1) is 17.1. The van der Waals surface area contributed by atoms with Gasteiger partial charge in [0.2, 0.25) is 0 Å². The van der Waals surface area contributed by atoms with E-state index in [1.54, 1.807) is 7.11 Å². The highest BCUT2D eigenvalue weighted by Gasteiger charge is 2.33. The number of rotatable bonds is 4. The van der Waals surface area contributed by atoms with Gasteiger partial charge in [0, 0.05) is 25.3 Å². The topological polar surface area (TPSA) is 44.8 Å². The molecule has 2 saturated heterocycles. The Morgan fingerprint density at radius 3 is 2.71 bits per heavy atom. The summed E-state index contributed by atoms with van der Waals surface area (Å²) in [5.41, 5.74) is 0.801. The number of amides is 2. The van der Waals surface area contributed by atoms with Gasteiger partial charge >= 0.3 is 6.03 Å². The lowest BCUT2D eigenvalue weighted by Gasteiger charge is -2.45. The van der Waals surface area contributed by atoms with Gasteiger partial charge in [-0.15, -0.1) is 0 Å². The second-order valence-corrected chi connectivity index (χ2v) is 7.04. The van der Waals surface area contributed by atoms with E-state index in [4.69, 9.17) is 4.74 Å². The molecule has 1 aromatic carbocycles. The van der Waals surface area contributed by atoms with Crippen LogP contribution in [0.2, 0.25) is 0 Å². The molecule has 0 aliphatic carbocycles. The third-order valence-electron chi connectivity index (χ3n) is 5.42. The highest BCUT2D eigenvalue weighted by Crippen LogP contribution is 2.31. The van der Waals surface area contributed by atoms with E-state index in [9.17, 15) is 4.79 Å². The maximum absolute atomic E-state index is 12.5. The molecule has 3 rings (SSSR count). The summed E-state index contributed by atoms with van der Waals surface area (Å²) < 4.78 is 5.14. The van der Waals surface area contributed by atoms with Crippen molar-refractivity contribution in [2.24, 2.45) is 5.92 Å². The molecule has 2 amide bonds. The number of hydrogen-bond donors (Lipinski definition) is 1. The number of anilines is 1. The molecule has 2 fully saturated rings. The van der Waals surface area contributed by atoms with Crippen molar-refractivity contribution in [1.82, 2.24) is 9.80 Å². The van der Waals surface area contributed by atoms with Gasteiger partial charge < -0.3 is 19.9 Å². The lowest BCUT2D eigenvalue weighted by Crippen LogP contribution is -2.51. The summed E-state index contributed by atoms with van der Waals surface area (Å²) in [5, 5.41) is 2.97. The van der Waals surface area contributed by atoms with Crippen LogP contribution in [0.5, 0.6) is 5.75 Å². The van der Waals surface area contributed by atoms with E-state index in [1.165, 1.54) is 45.2 Å². The Morgan fingerprint density at radius 2 is 1.96 bits per heavy atom. The highest BCUT2D eigenvalue weighted by molar-refractivity contribution is 5.89. The van der Waals surface area contributed by atoms with Crippen LogP contribution in [0.3, 0.4) is 0 Å². The van der Waals surface area contributed by atoms with Gasteiger partial charge in [0.15, 0.2) is 0 Å². The van der Waals surface area contributed by atoms with Crippen molar-refractivity contribution in [1.29, 1.82) is 0 Å². The van der Waals surface area contributed by atoms with Crippen LogP contribution < -0.4 is 10.1 Å². The monoisotopic (exact) mass is 331 g/mol. The molecule has 2 heterocycles. The molecular formula is C19H29N3O2. The summed E-state index contributed by atoms with van der Waals surface area (Å²) >= 11 is 0. The maximum Gasteiger partial charge on any atom is 0.321 e. The summed E-state index contributed by atoms with van der Waals surface area (Å²) in [7, 11) is 3.54. The van der Waals surface area contributed by atoms with Crippen molar-refractivity contribution >= 4 is 11.7 Å². The molecule has 0 aromatic heterocycles. The number of hydrogen-bond acceptors (Lipinski definition) is 3. The Labute approximate surface area is 145 Å². The molecule has 2 atom stereocenters. The molecule has 0 spiro atoms. The number of piperidine rings is 2. The standard InChI is InChI=1S/C19H29N3O2/c1-21(19(23)20-16-8-10-17(24-2)11-9-16)14-15-6-5-13-22-12-4-3-7-18(15)22/h8-11,15,18H,3-7,12-14H2,1-2H3,(H,20,23). The minimum Gasteiger partial charge on any atom is -0.497 e. The zero-order valence-corrected chi connectivity index (χ0v) is 14.8. The number of fused-ring (bicyclic) bond motifs is 1. The van der Waals surface area contributed by atoms with Crippen molar-refractivity contribution in [2.75, 3.05) is 39.1 Å². The molecule has 1 aromatic rings. The predicted octanol–water partition coefficient (Wildman–Crippen LogP) is 3.42. The highest BCUT2D eigenvalue weighted by atomic mass is 16.5.